The van der Waals surface area contributed by atoms with Crippen LogP contribution >= 0.6 is 0 Å². The molecule has 0 bridgehead atoms. The molecule has 2 radical (unpaired) electrons. The van der Waals surface area contributed by atoms with E-state index in [1.165, 1.54) is 16.9 Å². The van der Waals surface area contributed by atoms with E-state index in [1.54, 1.807) is 7.05 Å². The third-order valence-electron chi connectivity index (χ3n) is 1.60. The van der Waals surface area contributed by atoms with Gasteiger partial charge in [0.25, 0.3) is 0 Å². The second-order valence-corrected chi connectivity index (χ2v) is 2.66. The van der Waals surface area contributed by atoms with Gasteiger partial charge in [-0.3, -0.25) is 0 Å². The van der Waals surface area contributed by atoms with Crippen LogP contribution < -0.4 is 4.81 Å². The molecule has 0 saturated heterocycles. The minimum Gasteiger partial charge on any atom is -0.427 e. The van der Waals surface area contributed by atoms with Crippen LogP contribution in [0.2, 0.25) is 0 Å². The number of nitrogens with zero attached hydrogens (tertiary/aromatic N) is 1. The molecule has 0 unspecified atom stereocenters. The van der Waals surface area contributed by atoms with Crippen LogP contribution in [0.3, 0.4) is 0 Å². The smallest absolute Gasteiger partial charge is 0.416 e. The van der Waals surface area contributed by atoms with Gasteiger partial charge in [0.1, 0.15) is 0 Å². The Morgan fingerprint density at radius 2 is 1.62 bits per heavy atom. The van der Waals surface area contributed by atoms with Gasteiger partial charge < -0.3 is 4.81 Å². The normalized spacial score (nSPS) is 11.4. The standard InChI is InChI=1S/C8H7BF3N/c1-13(9)7-4-2-6(3-5-7)8(10,11)12/h2-5H,1H3. The molecule has 0 heterocycles. The summed E-state index contributed by atoms with van der Waals surface area (Å²) in [5.74, 6) is 0. The first-order valence-corrected chi connectivity index (χ1v) is 3.57. The van der Waals surface area contributed by atoms with Crippen LogP contribution in [0, 0.1) is 0 Å². The van der Waals surface area contributed by atoms with E-state index in [2.05, 4.69) is 0 Å². The van der Waals surface area contributed by atoms with Crippen LogP contribution in [0.15, 0.2) is 24.3 Å². The van der Waals surface area contributed by atoms with E-state index in [1.807, 2.05) is 0 Å². The lowest BCUT2D eigenvalue weighted by Gasteiger charge is -2.14. The highest BCUT2D eigenvalue weighted by molar-refractivity contribution is 6.17. The van der Waals surface area contributed by atoms with E-state index in [9.17, 15) is 13.2 Å². The van der Waals surface area contributed by atoms with Gasteiger partial charge >= 0.3 is 6.18 Å². The van der Waals surface area contributed by atoms with E-state index < -0.39 is 11.7 Å². The molecule has 0 atom stereocenters. The van der Waals surface area contributed by atoms with Crippen LogP contribution in [0.25, 0.3) is 0 Å². The number of rotatable bonds is 1. The van der Waals surface area contributed by atoms with Gasteiger partial charge in [-0.2, -0.15) is 13.2 Å². The number of benzene rings is 1. The number of anilines is 1. The number of hydrogen-bond donors (Lipinski definition) is 0. The minimum absolute atomic E-state index is 0.535. The summed E-state index contributed by atoms with van der Waals surface area (Å²) in [7, 11) is 6.88. The monoisotopic (exact) mass is 185 g/mol. The van der Waals surface area contributed by atoms with Crippen LogP contribution in [-0.2, 0) is 6.18 Å². The fourth-order valence-corrected chi connectivity index (χ4v) is 0.886. The van der Waals surface area contributed by atoms with Crippen molar-refractivity contribution in [3.63, 3.8) is 0 Å². The molecule has 0 aliphatic heterocycles. The Morgan fingerprint density at radius 1 is 1.15 bits per heavy atom. The van der Waals surface area contributed by atoms with Gasteiger partial charge in [-0.1, -0.05) is 0 Å². The quantitative estimate of drug-likeness (QED) is 0.606. The fourth-order valence-electron chi connectivity index (χ4n) is 0.886. The van der Waals surface area contributed by atoms with E-state index in [4.69, 9.17) is 7.98 Å². The first-order valence-electron chi connectivity index (χ1n) is 3.57. The van der Waals surface area contributed by atoms with E-state index in [-0.39, 0.29) is 0 Å². The maximum atomic E-state index is 12.1. The molecular weight excluding hydrogens is 178 g/mol. The molecule has 0 amide bonds. The minimum atomic E-state index is -4.29. The lowest BCUT2D eigenvalue weighted by Crippen LogP contribution is -2.11. The number of alkyl halides is 3. The first-order chi connectivity index (χ1) is 5.91. The van der Waals surface area contributed by atoms with Gasteiger partial charge in [-0.15, -0.1) is 0 Å². The van der Waals surface area contributed by atoms with Gasteiger partial charge in [-0.05, 0) is 31.3 Å². The first kappa shape index (κ1) is 9.96. The molecule has 0 spiro atoms. The number of halogens is 3. The molecule has 68 valence electrons. The van der Waals surface area contributed by atoms with Crippen LogP contribution in [-0.4, -0.2) is 15.0 Å². The Morgan fingerprint density at radius 3 is 1.92 bits per heavy atom. The molecule has 0 aliphatic rings. The summed E-state index contributed by atoms with van der Waals surface area (Å²) in [5, 5.41) is 0. The third kappa shape index (κ3) is 2.40. The van der Waals surface area contributed by atoms with Crippen molar-refractivity contribution in [2.75, 3.05) is 11.9 Å². The average molecular weight is 185 g/mol. The van der Waals surface area contributed by atoms with E-state index >= 15 is 0 Å². The predicted molar refractivity (Wildman–Crippen MR) is 45.6 cm³/mol. The Labute approximate surface area is 75.6 Å². The summed E-state index contributed by atoms with van der Waals surface area (Å²) >= 11 is 0. The van der Waals surface area contributed by atoms with Crippen molar-refractivity contribution in [3.8, 4) is 0 Å². The van der Waals surface area contributed by atoms with Crippen molar-refractivity contribution in [1.82, 2.24) is 0 Å². The summed E-state index contributed by atoms with van der Waals surface area (Å²) < 4.78 is 36.2. The average Bonchev–Trinajstić information content (AvgIpc) is 2.03. The maximum absolute atomic E-state index is 12.1. The van der Waals surface area contributed by atoms with Crippen molar-refractivity contribution >= 4 is 13.7 Å². The maximum Gasteiger partial charge on any atom is 0.416 e. The highest BCUT2D eigenvalue weighted by Gasteiger charge is 2.29. The van der Waals surface area contributed by atoms with Crippen molar-refractivity contribution in [1.29, 1.82) is 0 Å². The highest BCUT2D eigenvalue weighted by atomic mass is 19.4. The van der Waals surface area contributed by atoms with Gasteiger partial charge in [0, 0.05) is 5.69 Å². The van der Waals surface area contributed by atoms with Crippen molar-refractivity contribution < 1.29 is 13.2 Å². The predicted octanol–water partition coefficient (Wildman–Crippen LogP) is 2.23. The fraction of sp³-hybridized carbons (Fsp3) is 0.250. The molecule has 1 aromatic rings. The van der Waals surface area contributed by atoms with E-state index in [0.717, 1.165) is 12.1 Å². The molecular formula is C8H7BF3N. The number of hydrogen-bond acceptors (Lipinski definition) is 1. The third-order valence-corrected chi connectivity index (χ3v) is 1.60. The van der Waals surface area contributed by atoms with Crippen LogP contribution in [0.4, 0.5) is 18.9 Å². The van der Waals surface area contributed by atoms with Gasteiger partial charge in [0.05, 0.1) is 5.56 Å². The Hall–Kier alpha value is -1.13. The zero-order valence-corrected chi connectivity index (χ0v) is 6.97. The van der Waals surface area contributed by atoms with Crippen LogP contribution in [0.5, 0.6) is 0 Å². The molecule has 0 aliphatic carbocycles. The summed E-state index contributed by atoms with van der Waals surface area (Å²) in [6.45, 7) is 0. The largest absolute Gasteiger partial charge is 0.427 e. The molecule has 1 rings (SSSR count). The summed E-state index contributed by atoms with van der Waals surface area (Å²) in [5.41, 5.74) is -0.133. The van der Waals surface area contributed by atoms with Gasteiger partial charge in [0.15, 0.2) is 0 Å². The molecule has 0 saturated carbocycles. The highest BCUT2D eigenvalue weighted by Crippen LogP contribution is 2.29. The van der Waals surface area contributed by atoms with Crippen molar-refractivity contribution in [2.24, 2.45) is 0 Å². The summed E-state index contributed by atoms with van der Waals surface area (Å²) in [4.78, 5) is 1.25. The molecule has 13 heavy (non-hydrogen) atoms. The van der Waals surface area contributed by atoms with Crippen molar-refractivity contribution in [2.45, 2.75) is 6.18 Å². The Balaban J connectivity index is 2.94. The Kier molecular flexibility index (Phi) is 2.54. The lowest BCUT2D eigenvalue weighted by atomic mass is 10.1. The van der Waals surface area contributed by atoms with Crippen LogP contribution in [0.1, 0.15) is 5.56 Å². The second kappa shape index (κ2) is 3.32. The second-order valence-electron chi connectivity index (χ2n) is 2.66. The zero-order valence-electron chi connectivity index (χ0n) is 6.97. The molecule has 0 fully saturated rings. The topological polar surface area (TPSA) is 3.24 Å². The summed E-state index contributed by atoms with van der Waals surface area (Å²) in [6.07, 6.45) is -4.29. The summed E-state index contributed by atoms with van der Waals surface area (Å²) in [6, 6.07) is 4.64. The molecule has 0 N–H and O–H groups in total. The van der Waals surface area contributed by atoms with Crippen molar-refractivity contribution in [3.05, 3.63) is 29.8 Å². The lowest BCUT2D eigenvalue weighted by molar-refractivity contribution is -0.137. The molecule has 1 nitrogen and oxygen atoms in total. The molecule has 5 heteroatoms. The molecule has 0 aromatic heterocycles. The Bertz CT molecular complexity index is 278. The van der Waals surface area contributed by atoms with E-state index in [0.29, 0.717) is 5.69 Å². The van der Waals surface area contributed by atoms with Gasteiger partial charge in [-0.25, -0.2) is 0 Å². The zero-order chi connectivity index (χ0) is 10.1. The molecule has 1 aromatic carbocycles. The van der Waals surface area contributed by atoms with Gasteiger partial charge in [0.2, 0.25) is 7.98 Å². The SMILES string of the molecule is [B]N(C)c1ccc(C(F)(F)F)cc1.